The van der Waals surface area contributed by atoms with Crippen molar-refractivity contribution in [2.24, 2.45) is 20.5 Å². The van der Waals surface area contributed by atoms with Gasteiger partial charge in [0.05, 0.1) is 11.1 Å². The average molecular weight is 920 g/mol. The summed E-state index contributed by atoms with van der Waals surface area (Å²) in [4.78, 5) is 25.8. The minimum atomic E-state index is -0.478. The Morgan fingerprint density at radius 1 is 0.476 bits per heavy atom. The number of aromatic hydroxyl groups is 4. The number of anilines is 2. The fourth-order valence-electron chi connectivity index (χ4n) is 6.34. The maximum Gasteiger partial charge on any atom is 0.259 e. The molecular weight excluding hydrogens is 883 g/mol. The molecule has 12 nitrogen and oxygen atoms in total. The fourth-order valence-corrected chi connectivity index (χ4v) is 6.67. The number of nitrogens with zero attached hydrogens (tertiary/aromatic N) is 4. The summed E-state index contributed by atoms with van der Waals surface area (Å²) in [6.45, 7) is 3.86. The molecule has 0 radical (unpaired) electrons. The number of para-hydroxylation sites is 2. The Morgan fingerprint density at radius 3 is 1.24 bits per heavy atom. The third kappa shape index (κ3) is 10.8. The van der Waals surface area contributed by atoms with E-state index in [9.17, 15) is 30.0 Å². The van der Waals surface area contributed by atoms with Gasteiger partial charge in [0.1, 0.15) is 34.2 Å². The standard InChI is InChI=1S/2C24H18ClN3O3.Fe/c2*1-14-7-9-18-15(11-14)12-19(24(31)26-17-5-3-2-4-6-17)23(30)22(18)28-27-20-13-16(25)8-10-21(20)29;/h2*2-13,29-30H,1H3,(H,26,31);. The molecule has 15 heteroatoms. The first-order chi connectivity index (χ1) is 29.8. The number of benzene rings is 8. The van der Waals surface area contributed by atoms with Crippen molar-refractivity contribution < 1.29 is 47.1 Å². The Balaban J connectivity index is 0.000000206. The zero-order chi connectivity index (χ0) is 43.9. The summed E-state index contributed by atoms with van der Waals surface area (Å²) in [5, 5.41) is 67.2. The second kappa shape index (κ2) is 20.1. The van der Waals surface area contributed by atoms with E-state index in [-0.39, 0.29) is 73.9 Å². The van der Waals surface area contributed by atoms with Crippen LogP contribution in [0.15, 0.2) is 166 Å². The molecule has 0 aromatic heterocycles. The number of nitrogens with one attached hydrogen (secondary N) is 2. The van der Waals surface area contributed by atoms with Gasteiger partial charge in [0.15, 0.2) is 11.5 Å². The number of carbonyl (C=O) groups excluding carboxylic acids is 2. The minimum Gasteiger partial charge on any atom is -0.506 e. The number of fused-ring (bicyclic) bond motifs is 2. The molecule has 2 amide bonds. The summed E-state index contributed by atoms with van der Waals surface area (Å²) in [5.74, 6) is -1.79. The SMILES string of the molecule is Cc1ccc2c(N=Nc3cc(Cl)ccc3O)c(O)c(C(=O)Nc3ccccc3)cc2c1.Cc1ccc2c(N=Nc3cc(Cl)ccc3O)c(O)c(C(=O)Nc3ccccc3)cc2c1.[Fe]. The van der Waals surface area contributed by atoms with E-state index in [1.807, 2.05) is 50.2 Å². The summed E-state index contributed by atoms with van der Waals surface area (Å²) in [5.41, 5.74) is 3.83. The summed E-state index contributed by atoms with van der Waals surface area (Å²) >= 11 is 11.9. The Kier molecular flexibility index (Phi) is 14.4. The van der Waals surface area contributed by atoms with E-state index < -0.39 is 11.8 Å². The summed E-state index contributed by atoms with van der Waals surface area (Å²) in [6.07, 6.45) is 0. The van der Waals surface area contributed by atoms with Crippen LogP contribution in [0.4, 0.5) is 34.1 Å². The molecule has 0 aliphatic heterocycles. The van der Waals surface area contributed by atoms with Crippen molar-refractivity contribution in [1.82, 2.24) is 0 Å². The van der Waals surface area contributed by atoms with E-state index in [4.69, 9.17) is 23.2 Å². The number of halogens is 2. The van der Waals surface area contributed by atoms with Gasteiger partial charge in [-0.25, -0.2) is 0 Å². The van der Waals surface area contributed by atoms with Crippen molar-refractivity contribution in [2.45, 2.75) is 13.8 Å². The minimum absolute atomic E-state index is 0. The molecule has 0 saturated heterocycles. The van der Waals surface area contributed by atoms with Gasteiger partial charge in [0.2, 0.25) is 0 Å². The van der Waals surface area contributed by atoms with Crippen LogP contribution in [-0.4, -0.2) is 32.2 Å². The molecule has 0 heterocycles. The van der Waals surface area contributed by atoms with Gasteiger partial charge in [-0.15, -0.1) is 20.5 Å². The predicted octanol–water partition coefficient (Wildman–Crippen LogP) is 13.8. The largest absolute Gasteiger partial charge is 0.506 e. The normalized spacial score (nSPS) is 11.0. The molecule has 0 spiro atoms. The van der Waals surface area contributed by atoms with Gasteiger partial charge < -0.3 is 31.1 Å². The van der Waals surface area contributed by atoms with Crippen LogP contribution in [0.2, 0.25) is 10.0 Å². The molecule has 0 unspecified atom stereocenters. The Labute approximate surface area is 381 Å². The van der Waals surface area contributed by atoms with Gasteiger partial charge in [-0.3, -0.25) is 9.59 Å². The summed E-state index contributed by atoms with van der Waals surface area (Å²) in [6, 6.07) is 41.1. The number of phenols is 4. The number of hydrogen-bond acceptors (Lipinski definition) is 10. The monoisotopic (exact) mass is 918 g/mol. The van der Waals surface area contributed by atoms with E-state index >= 15 is 0 Å². The second-order valence-electron chi connectivity index (χ2n) is 14.0. The van der Waals surface area contributed by atoms with Crippen molar-refractivity contribution in [1.29, 1.82) is 0 Å². The molecule has 0 aliphatic carbocycles. The maximum absolute atomic E-state index is 12.9. The van der Waals surface area contributed by atoms with Crippen molar-refractivity contribution in [2.75, 3.05) is 10.6 Å². The van der Waals surface area contributed by atoms with E-state index in [1.54, 1.807) is 72.8 Å². The first-order valence-electron chi connectivity index (χ1n) is 18.9. The van der Waals surface area contributed by atoms with E-state index in [0.29, 0.717) is 32.2 Å². The smallest absolute Gasteiger partial charge is 0.259 e. The average Bonchev–Trinajstić information content (AvgIpc) is 3.25. The molecule has 0 atom stereocenters. The number of carbonyl (C=O) groups is 2. The van der Waals surface area contributed by atoms with Crippen LogP contribution >= 0.6 is 23.2 Å². The maximum atomic E-state index is 12.9. The molecule has 8 aromatic carbocycles. The summed E-state index contributed by atoms with van der Waals surface area (Å²) in [7, 11) is 0. The Morgan fingerprint density at radius 2 is 0.857 bits per heavy atom. The van der Waals surface area contributed by atoms with Gasteiger partial charge >= 0.3 is 0 Å². The number of aryl methyl sites for hydroxylation is 2. The van der Waals surface area contributed by atoms with Crippen LogP contribution < -0.4 is 10.6 Å². The first-order valence-corrected chi connectivity index (χ1v) is 19.7. The van der Waals surface area contributed by atoms with Crippen LogP contribution in [0.5, 0.6) is 23.0 Å². The van der Waals surface area contributed by atoms with Crippen LogP contribution in [0, 0.1) is 13.8 Å². The number of rotatable bonds is 8. The molecule has 8 aromatic rings. The zero-order valence-corrected chi connectivity index (χ0v) is 36.0. The Hall–Kier alpha value is -7.28. The van der Waals surface area contributed by atoms with E-state index in [2.05, 4.69) is 31.1 Å². The van der Waals surface area contributed by atoms with E-state index in [0.717, 1.165) is 21.9 Å². The van der Waals surface area contributed by atoms with Crippen molar-refractivity contribution in [3.63, 3.8) is 0 Å². The number of hydrogen-bond donors (Lipinski definition) is 6. The molecule has 63 heavy (non-hydrogen) atoms. The third-order valence-corrected chi connectivity index (χ3v) is 9.90. The Bertz CT molecular complexity index is 2860. The molecule has 0 fully saturated rings. The molecule has 0 saturated carbocycles. The van der Waals surface area contributed by atoms with Crippen molar-refractivity contribution in [3.8, 4) is 23.0 Å². The van der Waals surface area contributed by atoms with E-state index in [1.165, 1.54) is 36.4 Å². The van der Waals surface area contributed by atoms with Crippen LogP contribution in [0.1, 0.15) is 31.8 Å². The predicted molar refractivity (Wildman–Crippen MR) is 244 cm³/mol. The van der Waals surface area contributed by atoms with Gasteiger partial charge in [-0.05, 0) is 97.4 Å². The van der Waals surface area contributed by atoms with Crippen molar-refractivity contribution >= 4 is 90.7 Å². The van der Waals surface area contributed by atoms with Crippen LogP contribution in [-0.2, 0) is 17.1 Å². The van der Waals surface area contributed by atoms with Gasteiger partial charge in [-0.1, -0.05) is 107 Å². The third-order valence-electron chi connectivity index (χ3n) is 9.43. The fraction of sp³-hybridized carbons (Fsp3) is 0.0417. The van der Waals surface area contributed by atoms with Gasteiger partial charge in [0.25, 0.3) is 11.8 Å². The molecule has 316 valence electrons. The van der Waals surface area contributed by atoms with Gasteiger partial charge in [0, 0.05) is 49.3 Å². The molecule has 8 rings (SSSR count). The number of amides is 2. The molecular formula is C48H36Cl2FeN6O6. The van der Waals surface area contributed by atoms with Crippen LogP contribution in [0.3, 0.4) is 0 Å². The topological polar surface area (TPSA) is 189 Å². The summed E-state index contributed by atoms with van der Waals surface area (Å²) < 4.78 is 0. The zero-order valence-electron chi connectivity index (χ0n) is 33.4. The molecule has 0 aliphatic rings. The number of azo groups is 2. The van der Waals surface area contributed by atoms with Gasteiger partial charge in [-0.2, -0.15) is 0 Å². The first kappa shape index (κ1) is 45.3. The molecule has 0 bridgehead atoms. The van der Waals surface area contributed by atoms with Crippen LogP contribution in [0.25, 0.3) is 21.5 Å². The quantitative estimate of drug-likeness (QED) is 0.0649. The van der Waals surface area contributed by atoms with Crippen molar-refractivity contribution in [3.05, 3.63) is 178 Å². The molecule has 6 N–H and O–H groups in total. The number of phenolic OH excluding ortho intramolecular Hbond substituents is 4. The second-order valence-corrected chi connectivity index (χ2v) is 14.9.